The molecule has 0 heterocycles. The second-order valence-corrected chi connectivity index (χ2v) is 13.0. The van der Waals surface area contributed by atoms with Crippen molar-refractivity contribution in [3.63, 3.8) is 0 Å². The Morgan fingerprint density at radius 2 is 1.86 bits per heavy atom. The lowest BCUT2D eigenvalue weighted by atomic mass is 9.46. The van der Waals surface area contributed by atoms with Crippen molar-refractivity contribution >= 4 is 45.2 Å². The van der Waals surface area contributed by atoms with Crippen LogP contribution in [0.4, 0.5) is 0 Å². The number of hydrogen-bond acceptors (Lipinski definition) is 7. The quantitative estimate of drug-likeness (QED) is 0.366. The summed E-state index contributed by atoms with van der Waals surface area (Å²) in [6.07, 6.45) is 6.33. The molecule has 0 spiro atoms. The van der Waals surface area contributed by atoms with Gasteiger partial charge in [0.2, 0.25) is 5.78 Å². The minimum atomic E-state index is -1.59. The van der Waals surface area contributed by atoms with E-state index in [0.717, 1.165) is 5.57 Å². The maximum Gasteiger partial charge on any atom is 0.309 e. The Morgan fingerprint density at radius 1 is 1.19 bits per heavy atom. The molecule has 0 saturated heterocycles. The molecule has 7 nitrogen and oxygen atoms in total. The number of ketones is 3. The van der Waals surface area contributed by atoms with Crippen molar-refractivity contribution in [2.24, 2.45) is 40.4 Å². The standard InChI is InChI=1S/C28H35BrO7/c1-14(2)25(34)36-28(22(33)13-35-16(4)30)15(3)9-19-23-20(29)11-17-10-18(31)7-8-26(17,5)24(23)21(32)12-27(19,28)6/h7-8,10,14-15,19-20,23-24H,9,11-13H2,1-6H3/t15-,19+,20-,23-,24+,26+,27+,28-/m1/s1. The molecule has 196 valence electrons. The molecular weight excluding hydrogens is 528 g/mol. The van der Waals surface area contributed by atoms with Gasteiger partial charge in [0.15, 0.2) is 18.0 Å². The maximum atomic E-state index is 14.1. The molecule has 4 rings (SSSR count). The fraction of sp³-hybridized carbons (Fsp3) is 0.679. The van der Waals surface area contributed by atoms with Gasteiger partial charge in [0.25, 0.3) is 0 Å². The molecule has 36 heavy (non-hydrogen) atoms. The first kappa shape index (κ1) is 27.0. The van der Waals surface area contributed by atoms with Gasteiger partial charge in [0.05, 0.1) is 5.92 Å². The number of esters is 2. The summed E-state index contributed by atoms with van der Waals surface area (Å²) in [5.41, 5.74) is -2.18. The molecule has 8 heteroatoms. The Labute approximate surface area is 220 Å². The average Bonchev–Trinajstić information content (AvgIpc) is 2.99. The second kappa shape index (κ2) is 9.03. The Bertz CT molecular complexity index is 1090. The summed E-state index contributed by atoms with van der Waals surface area (Å²) in [6.45, 7) is 9.92. The van der Waals surface area contributed by atoms with Gasteiger partial charge in [-0.1, -0.05) is 62.2 Å². The van der Waals surface area contributed by atoms with Crippen LogP contribution in [0.3, 0.4) is 0 Å². The van der Waals surface area contributed by atoms with Crippen molar-refractivity contribution < 1.29 is 33.4 Å². The van der Waals surface area contributed by atoms with Crippen molar-refractivity contribution in [3.8, 4) is 0 Å². The third-order valence-electron chi connectivity index (χ3n) is 9.34. The van der Waals surface area contributed by atoms with E-state index in [1.54, 1.807) is 26.0 Å². The summed E-state index contributed by atoms with van der Waals surface area (Å²) in [5, 5.41) is 0. The minimum absolute atomic E-state index is 0.00495. The topological polar surface area (TPSA) is 104 Å². The monoisotopic (exact) mass is 562 g/mol. The van der Waals surface area contributed by atoms with Crippen molar-refractivity contribution in [2.45, 2.75) is 71.2 Å². The number of carbonyl (C=O) groups is 5. The molecule has 4 aliphatic carbocycles. The number of ether oxygens (including phenoxy) is 2. The Morgan fingerprint density at radius 3 is 2.47 bits per heavy atom. The fourth-order valence-corrected chi connectivity index (χ4v) is 8.71. The molecule has 0 unspecified atom stereocenters. The zero-order chi connectivity index (χ0) is 26.8. The summed E-state index contributed by atoms with van der Waals surface area (Å²) in [4.78, 5) is 64.5. The normalized spacial score (nSPS) is 41.2. The summed E-state index contributed by atoms with van der Waals surface area (Å²) in [5.74, 6) is -3.11. The highest BCUT2D eigenvalue weighted by molar-refractivity contribution is 9.09. The predicted octanol–water partition coefficient (Wildman–Crippen LogP) is 4.16. The second-order valence-electron chi connectivity index (χ2n) is 11.8. The van der Waals surface area contributed by atoms with E-state index in [0.29, 0.717) is 12.8 Å². The smallest absolute Gasteiger partial charge is 0.309 e. The van der Waals surface area contributed by atoms with Crippen LogP contribution in [0.25, 0.3) is 0 Å². The van der Waals surface area contributed by atoms with Gasteiger partial charge in [0.1, 0.15) is 5.78 Å². The first-order chi connectivity index (χ1) is 16.7. The molecule has 4 aliphatic rings. The molecule has 0 bridgehead atoms. The number of halogens is 1. The molecule has 0 aromatic carbocycles. The van der Waals surface area contributed by atoms with E-state index in [2.05, 4.69) is 15.9 Å². The highest BCUT2D eigenvalue weighted by Crippen LogP contribution is 2.69. The van der Waals surface area contributed by atoms with Crippen LogP contribution >= 0.6 is 15.9 Å². The van der Waals surface area contributed by atoms with E-state index < -0.39 is 46.7 Å². The number of rotatable bonds is 5. The minimum Gasteiger partial charge on any atom is -0.458 e. The Balaban J connectivity index is 1.83. The summed E-state index contributed by atoms with van der Waals surface area (Å²) >= 11 is 3.85. The number of carbonyl (C=O) groups excluding carboxylic acids is 5. The van der Waals surface area contributed by atoms with Crippen LogP contribution in [-0.4, -0.2) is 46.3 Å². The first-order valence-corrected chi connectivity index (χ1v) is 13.6. The molecule has 0 amide bonds. The summed E-state index contributed by atoms with van der Waals surface area (Å²) in [6, 6.07) is 0. The summed E-state index contributed by atoms with van der Waals surface area (Å²) in [7, 11) is 0. The average molecular weight is 563 g/mol. The number of alkyl halides is 1. The van der Waals surface area contributed by atoms with Crippen molar-refractivity contribution in [3.05, 3.63) is 23.8 Å². The van der Waals surface area contributed by atoms with E-state index in [-0.39, 0.29) is 46.5 Å². The maximum absolute atomic E-state index is 14.1. The third-order valence-corrected chi connectivity index (χ3v) is 10.3. The first-order valence-electron chi connectivity index (χ1n) is 12.7. The molecule has 0 radical (unpaired) electrons. The van der Waals surface area contributed by atoms with Gasteiger partial charge in [-0.05, 0) is 36.8 Å². The zero-order valence-electron chi connectivity index (χ0n) is 21.8. The predicted molar refractivity (Wildman–Crippen MR) is 135 cm³/mol. The van der Waals surface area contributed by atoms with Crippen molar-refractivity contribution in [1.82, 2.24) is 0 Å². The van der Waals surface area contributed by atoms with Gasteiger partial charge in [-0.2, -0.15) is 0 Å². The van der Waals surface area contributed by atoms with Crippen LogP contribution in [0.1, 0.15) is 60.8 Å². The van der Waals surface area contributed by atoms with Crippen LogP contribution < -0.4 is 0 Å². The van der Waals surface area contributed by atoms with Gasteiger partial charge in [-0.3, -0.25) is 24.0 Å². The van der Waals surface area contributed by atoms with Crippen molar-refractivity contribution in [1.29, 1.82) is 0 Å². The SMILES string of the molecule is CC(=O)OCC(=O)[C@]1(OC(=O)C(C)C)[C@H](C)C[C@H]2[C@@H]3[C@H](Br)CC4=CC(=O)C=C[C@]4(C)[C@H]3C(=O)C[C@@]21C. The molecule has 0 aromatic heterocycles. The zero-order valence-corrected chi connectivity index (χ0v) is 23.3. The lowest BCUT2D eigenvalue weighted by Crippen LogP contribution is -2.64. The number of hydrogen-bond donors (Lipinski definition) is 0. The van der Waals surface area contributed by atoms with Gasteiger partial charge in [-0.25, -0.2) is 0 Å². The molecule has 3 fully saturated rings. The van der Waals surface area contributed by atoms with Crippen LogP contribution in [-0.2, 0) is 33.4 Å². The van der Waals surface area contributed by atoms with Crippen molar-refractivity contribution in [2.75, 3.05) is 6.61 Å². The van der Waals surface area contributed by atoms with E-state index in [1.165, 1.54) is 6.92 Å². The van der Waals surface area contributed by atoms with Gasteiger partial charge < -0.3 is 9.47 Å². The molecule has 0 aromatic rings. The van der Waals surface area contributed by atoms with Crippen LogP contribution in [0.2, 0.25) is 0 Å². The van der Waals surface area contributed by atoms with Crippen LogP contribution in [0.15, 0.2) is 23.8 Å². The Hall–Kier alpha value is -2.09. The van der Waals surface area contributed by atoms with E-state index in [9.17, 15) is 24.0 Å². The summed E-state index contributed by atoms with van der Waals surface area (Å²) < 4.78 is 11.2. The molecule has 0 N–H and O–H groups in total. The largest absolute Gasteiger partial charge is 0.458 e. The van der Waals surface area contributed by atoms with Crippen LogP contribution in [0, 0.1) is 40.4 Å². The number of Topliss-reactive ketones (excluding diaryl/α,β-unsaturated/α-hetero) is 2. The van der Waals surface area contributed by atoms with Gasteiger partial charge >= 0.3 is 11.9 Å². The van der Waals surface area contributed by atoms with E-state index in [1.807, 2.05) is 26.8 Å². The lowest BCUT2D eigenvalue weighted by molar-refractivity contribution is -0.199. The van der Waals surface area contributed by atoms with Gasteiger partial charge in [0, 0.05) is 40.8 Å². The van der Waals surface area contributed by atoms with E-state index in [4.69, 9.17) is 9.47 Å². The fourth-order valence-electron chi connectivity index (χ4n) is 7.69. The van der Waals surface area contributed by atoms with E-state index >= 15 is 0 Å². The van der Waals surface area contributed by atoms with Gasteiger partial charge in [-0.15, -0.1) is 0 Å². The molecule has 0 aliphatic heterocycles. The Kier molecular flexibility index (Phi) is 6.76. The third kappa shape index (κ3) is 3.77. The number of allylic oxidation sites excluding steroid dienone is 4. The molecule has 3 saturated carbocycles. The highest BCUT2D eigenvalue weighted by atomic mass is 79.9. The molecular formula is C28H35BrO7. The lowest BCUT2D eigenvalue weighted by Gasteiger charge is -2.58. The number of fused-ring (bicyclic) bond motifs is 5. The molecule has 8 atom stereocenters. The highest BCUT2D eigenvalue weighted by Gasteiger charge is 2.74. The van der Waals surface area contributed by atoms with Crippen LogP contribution in [0.5, 0.6) is 0 Å².